The minimum absolute atomic E-state index is 0.168. The van der Waals surface area contributed by atoms with Gasteiger partial charge in [-0.1, -0.05) is 30.3 Å². The Bertz CT molecular complexity index is 659. The zero-order valence-corrected chi connectivity index (χ0v) is 17.0. The van der Waals surface area contributed by atoms with Crippen LogP contribution in [0.4, 0.5) is 4.79 Å². The Hall–Kier alpha value is -2.37. The van der Waals surface area contributed by atoms with Gasteiger partial charge in [-0.05, 0) is 64.4 Å². The second-order valence-electron chi connectivity index (χ2n) is 8.58. The molecule has 2 rings (SSSR count). The van der Waals surface area contributed by atoms with E-state index in [2.05, 4.69) is 0 Å². The van der Waals surface area contributed by atoms with Gasteiger partial charge in [-0.25, -0.2) is 4.79 Å². The van der Waals surface area contributed by atoms with Gasteiger partial charge in [-0.2, -0.15) is 0 Å². The molecule has 0 aliphatic heterocycles. The van der Waals surface area contributed by atoms with Gasteiger partial charge in [0.15, 0.2) is 0 Å². The lowest BCUT2D eigenvalue weighted by molar-refractivity contribution is -0.143. The summed E-state index contributed by atoms with van der Waals surface area (Å²) in [5.74, 6) is -0.893. The molecule has 0 heterocycles. The van der Waals surface area contributed by atoms with E-state index in [9.17, 15) is 19.5 Å². The van der Waals surface area contributed by atoms with Gasteiger partial charge in [0.1, 0.15) is 11.9 Å². The Kier molecular flexibility index (Phi) is 7.61. The van der Waals surface area contributed by atoms with E-state index in [1.54, 1.807) is 20.8 Å². The predicted molar refractivity (Wildman–Crippen MR) is 106 cm³/mol. The first-order valence-corrected chi connectivity index (χ1v) is 9.91. The van der Waals surface area contributed by atoms with Crippen molar-refractivity contribution in [3.8, 4) is 0 Å². The molecule has 6 heteroatoms. The smallest absolute Gasteiger partial charge is 0.410 e. The fourth-order valence-corrected chi connectivity index (χ4v) is 3.62. The fourth-order valence-electron chi connectivity index (χ4n) is 3.62. The molecule has 0 radical (unpaired) electrons. The number of aldehydes is 1. The number of hydrogen-bond acceptors (Lipinski definition) is 4. The van der Waals surface area contributed by atoms with Crippen molar-refractivity contribution in [2.45, 2.75) is 64.5 Å². The average Bonchev–Trinajstić information content (AvgIpc) is 2.64. The molecule has 1 atom stereocenters. The number of benzene rings is 1. The molecule has 1 aromatic rings. The maximum atomic E-state index is 12.8. The van der Waals surface area contributed by atoms with Crippen LogP contribution in [0, 0.1) is 11.8 Å². The van der Waals surface area contributed by atoms with Crippen LogP contribution in [0.2, 0.25) is 0 Å². The second-order valence-corrected chi connectivity index (χ2v) is 8.58. The molecule has 1 fully saturated rings. The van der Waals surface area contributed by atoms with Crippen molar-refractivity contribution in [2.24, 2.45) is 11.8 Å². The molecule has 1 saturated carbocycles. The van der Waals surface area contributed by atoms with Crippen molar-refractivity contribution < 1.29 is 24.2 Å². The van der Waals surface area contributed by atoms with Crippen LogP contribution in [0.5, 0.6) is 0 Å². The van der Waals surface area contributed by atoms with Gasteiger partial charge in [0.25, 0.3) is 0 Å². The van der Waals surface area contributed by atoms with Crippen molar-refractivity contribution >= 4 is 18.3 Å². The van der Waals surface area contributed by atoms with Gasteiger partial charge in [-0.3, -0.25) is 9.69 Å². The summed E-state index contributed by atoms with van der Waals surface area (Å²) in [6.07, 6.45) is 3.40. The molecule has 1 aromatic carbocycles. The number of carbonyl (C=O) groups is 3. The Labute approximate surface area is 166 Å². The molecular formula is C22H31NO5. The summed E-state index contributed by atoms with van der Waals surface area (Å²) in [5.41, 5.74) is 0.318. The summed E-state index contributed by atoms with van der Waals surface area (Å²) in [4.78, 5) is 37.4. The highest BCUT2D eigenvalue weighted by Crippen LogP contribution is 2.30. The molecule has 0 spiro atoms. The monoisotopic (exact) mass is 389 g/mol. The van der Waals surface area contributed by atoms with Crippen molar-refractivity contribution in [3.63, 3.8) is 0 Å². The highest BCUT2D eigenvalue weighted by molar-refractivity contribution is 5.74. The van der Waals surface area contributed by atoms with E-state index >= 15 is 0 Å². The maximum Gasteiger partial charge on any atom is 0.410 e. The third-order valence-electron chi connectivity index (χ3n) is 5.12. The van der Waals surface area contributed by atoms with E-state index < -0.39 is 23.7 Å². The standard InChI is InChI=1S/C22H31NO5/c1-22(2,3)28-21(27)23(14-17-9-11-18(12-10-17)20(25)26)19(15-24)13-16-7-5-4-6-8-16/h4-8,15,17-19H,9-14H2,1-3H3,(H,25,26)/t17?,18?,19-/m0/s1. The molecule has 6 nitrogen and oxygen atoms in total. The van der Waals surface area contributed by atoms with E-state index in [0.717, 1.165) is 24.7 Å². The zero-order valence-electron chi connectivity index (χ0n) is 17.0. The lowest BCUT2D eigenvalue weighted by Gasteiger charge is -2.35. The van der Waals surface area contributed by atoms with Gasteiger partial charge >= 0.3 is 12.1 Å². The van der Waals surface area contributed by atoms with E-state index in [-0.39, 0.29) is 11.8 Å². The number of ether oxygens (including phenoxy) is 1. The van der Waals surface area contributed by atoms with Crippen LogP contribution in [0.15, 0.2) is 30.3 Å². The van der Waals surface area contributed by atoms with Gasteiger partial charge in [0.2, 0.25) is 0 Å². The maximum absolute atomic E-state index is 12.8. The summed E-state index contributed by atoms with van der Waals surface area (Å²) < 4.78 is 5.56. The van der Waals surface area contributed by atoms with Crippen LogP contribution in [-0.4, -0.2) is 46.5 Å². The fraction of sp³-hybridized carbons (Fsp3) is 0.591. The molecule has 1 N–H and O–H groups in total. The molecule has 1 aliphatic rings. The molecular weight excluding hydrogens is 358 g/mol. The van der Waals surface area contributed by atoms with Crippen LogP contribution in [-0.2, 0) is 20.7 Å². The summed E-state index contributed by atoms with van der Waals surface area (Å²) in [5, 5.41) is 9.18. The highest BCUT2D eigenvalue weighted by atomic mass is 16.6. The van der Waals surface area contributed by atoms with E-state index in [4.69, 9.17) is 4.74 Å². The molecule has 0 unspecified atom stereocenters. The topological polar surface area (TPSA) is 83.9 Å². The van der Waals surface area contributed by atoms with Crippen LogP contribution in [0.3, 0.4) is 0 Å². The van der Waals surface area contributed by atoms with Gasteiger partial charge < -0.3 is 14.6 Å². The Morgan fingerprint density at radius 3 is 2.29 bits per heavy atom. The number of carboxylic acid groups (broad SMARTS) is 1. The van der Waals surface area contributed by atoms with Crippen molar-refractivity contribution in [2.75, 3.05) is 6.54 Å². The minimum atomic E-state index is -0.753. The third-order valence-corrected chi connectivity index (χ3v) is 5.12. The van der Waals surface area contributed by atoms with Gasteiger partial charge in [0.05, 0.1) is 12.0 Å². The number of aliphatic carboxylic acids is 1. The number of amides is 1. The first-order chi connectivity index (χ1) is 13.2. The van der Waals surface area contributed by atoms with Gasteiger partial charge in [-0.15, -0.1) is 0 Å². The van der Waals surface area contributed by atoms with Crippen molar-refractivity contribution in [1.82, 2.24) is 4.90 Å². The third kappa shape index (κ3) is 6.66. The number of carboxylic acids is 1. The first kappa shape index (κ1) is 21.9. The van der Waals surface area contributed by atoms with Crippen molar-refractivity contribution in [1.29, 1.82) is 0 Å². The Morgan fingerprint density at radius 1 is 1.18 bits per heavy atom. The summed E-state index contributed by atoms with van der Waals surface area (Å²) in [6.45, 7) is 5.80. The lowest BCUT2D eigenvalue weighted by atomic mass is 9.81. The van der Waals surface area contributed by atoms with E-state index in [1.165, 1.54) is 4.90 Å². The first-order valence-electron chi connectivity index (χ1n) is 9.91. The van der Waals surface area contributed by atoms with Crippen molar-refractivity contribution in [3.05, 3.63) is 35.9 Å². The Balaban J connectivity index is 2.12. The minimum Gasteiger partial charge on any atom is -0.481 e. The summed E-state index contributed by atoms with van der Waals surface area (Å²) in [6, 6.07) is 8.97. The van der Waals surface area contributed by atoms with Crippen LogP contribution < -0.4 is 0 Å². The SMILES string of the molecule is CC(C)(C)OC(=O)N(CC1CCC(C(=O)O)CC1)[C@H](C=O)Cc1ccccc1. The molecule has 0 aromatic heterocycles. The van der Waals surface area contributed by atoms with Crippen LogP contribution in [0.25, 0.3) is 0 Å². The molecule has 154 valence electrons. The van der Waals surface area contributed by atoms with Crippen LogP contribution >= 0.6 is 0 Å². The Morgan fingerprint density at radius 2 is 1.79 bits per heavy atom. The molecule has 28 heavy (non-hydrogen) atoms. The molecule has 1 amide bonds. The van der Waals surface area contributed by atoms with E-state index in [1.807, 2.05) is 30.3 Å². The quantitative estimate of drug-likeness (QED) is 0.715. The lowest BCUT2D eigenvalue weighted by Crippen LogP contribution is -2.48. The van der Waals surface area contributed by atoms with Crippen LogP contribution in [0.1, 0.15) is 52.0 Å². The molecule has 1 aliphatic carbocycles. The zero-order chi connectivity index (χ0) is 20.7. The van der Waals surface area contributed by atoms with E-state index in [0.29, 0.717) is 25.8 Å². The average molecular weight is 389 g/mol. The second kappa shape index (κ2) is 9.71. The number of hydrogen-bond donors (Lipinski definition) is 1. The number of carbonyl (C=O) groups excluding carboxylic acids is 2. The molecule has 0 bridgehead atoms. The summed E-state index contributed by atoms with van der Waals surface area (Å²) >= 11 is 0. The normalized spacial score (nSPS) is 20.8. The summed E-state index contributed by atoms with van der Waals surface area (Å²) in [7, 11) is 0. The van der Waals surface area contributed by atoms with Gasteiger partial charge in [0, 0.05) is 6.54 Å². The predicted octanol–water partition coefficient (Wildman–Crippen LogP) is 3.92. The highest BCUT2D eigenvalue weighted by Gasteiger charge is 2.33. The number of nitrogens with zero attached hydrogens (tertiary/aromatic N) is 1. The number of rotatable bonds is 7. The largest absolute Gasteiger partial charge is 0.481 e. The molecule has 0 saturated heterocycles.